The van der Waals surface area contributed by atoms with Crippen molar-refractivity contribution < 1.29 is 8.42 Å². The number of sulfone groups is 1. The largest absolute Gasteiger partial charge is 0.229 e. The van der Waals surface area contributed by atoms with Gasteiger partial charge in [-0.2, -0.15) is 5.10 Å². The van der Waals surface area contributed by atoms with Crippen LogP contribution in [0.1, 0.15) is 18.2 Å². The molecule has 3 rings (SSSR count). The molecule has 0 bridgehead atoms. The molecule has 0 N–H and O–H groups in total. The molecule has 0 aliphatic carbocycles. The zero-order chi connectivity index (χ0) is 12.0. The van der Waals surface area contributed by atoms with Gasteiger partial charge in [-0.25, -0.2) is 17.9 Å². The number of pyridine rings is 1. The molecule has 17 heavy (non-hydrogen) atoms. The third-order valence-electron chi connectivity index (χ3n) is 2.93. The highest BCUT2D eigenvalue weighted by atomic mass is 35.5. The monoisotopic (exact) mass is 271 g/mol. The van der Waals surface area contributed by atoms with Crippen molar-refractivity contribution in [3.05, 3.63) is 29.2 Å². The van der Waals surface area contributed by atoms with Crippen molar-refractivity contribution >= 4 is 27.1 Å². The number of nitrogens with zero attached hydrogens (tertiary/aromatic N) is 3. The van der Waals surface area contributed by atoms with Crippen LogP contribution >= 0.6 is 11.6 Å². The maximum atomic E-state index is 11.4. The van der Waals surface area contributed by atoms with E-state index in [1.54, 1.807) is 22.8 Å². The first-order valence-corrected chi connectivity index (χ1v) is 7.46. The van der Waals surface area contributed by atoms with Crippen molar-refractivity contribution in [1.29, 1.82) is 0 Å². The van der Waals surface area contributed by atoms with Crippen LogP contribution in [0, 0.1) is 0 Å². The van der Waals surface area contributed by atoms with Crippen LogP contribution in [-0.2, 0) is 9.84 Å². The topological polar surface area (TPSA) is 64.3 Å². The molecule has 1 aliphatic heterocycles. The molecule has 1 aliphatic rings. The van der Waals surface area contributed by atoms with Crippen LogP contribution < -0.4 is 0 Å². The highest BCUT2D eigenvalue weighted by Gasteiger charge is 2.31. The van der Waals surface area contributed by atoms with Crippen molar-refractivity contribution in [3.63, 3.8) is 0 Å². The fourth-order valence-electron chi connectivity index (χ4n) is 2.06. The zero-order valence-corrected chi connectivity index (χ0v) is 10.4. The first-order valence-electron chi connectivity index (χ1n) is 5.26. The van der Waals surface area contributed by atoms with Crippen LogP contribution in [-0.4, -0.2) is 34.5 Å². The summed E-state index contributed by atoms with van der Waals surface area (Å²) in [7, 11) is -2.91. The van der Waals surface area contributed by atoms with Crippen LogP contribution in [0.2, 0.25) is 5.02 Å². The molecular weight excluding hydrogens is 262 g/mol. The van der Waals surface area contributed by atoms with Crippen molar-refractivity contribution in [2.75, 3.05) is 11.5 Å². The van der Waals surface area contributed by atoms with Gasteiger partial charge in [0.15, 0.2) is 21.3 Å². The smallest absolute Gasteiger partial charge is 0.174 e. The summed E-state index contributed by atoms with van der Waals surface area (Å²) in [6.07, 6.45) is 2.35. The SMILES string of the molecule is O=S1(=O)CCC(c2nc3c(Cl)cccn3n2)C1. The Morgan fingerprint density at radius 2 is 2.29 bits per heavy atom. The van der Waals surface area contributed by atoms with Gasteiger partial charge in [-0.05, 0) is 18.6 Å². The molecule has 3 heterocycles. The Hall–Kier alpha value is -1.14. The van der Waals surface area contributed by atoms with Gasteiger partial charge in [-0.3, -0.25) is 0 Å². The van der Waals surface area contributed by atoms with Gasteiger partial charge in [0.05, 0.1) is 16.5 Å². The van der Waals surface area contributed by atoms with E-state index >= 15 is 0 Å². The van der Waals surface area contributed by atoms with Gasteiger partial charge in [0, 0.05) is 12.1 Å². The van der Waals surface area contributed by atoms with Crippen molar-refractivity contribution in [1.82, 2.24) is 14.6 Å². The molecule has 1 atom stereocenters. The lowest BCUT2D eigenvalue weighted by Crippen LogP contribution is -2.05. The number of hydrogen-bond donors (Lipinski definition) is 0. The van der Waals surface area contributed by atoms with E-state index in [0.29, 0.717) is 22.9 Å². The maximum Gasteiger partial charge on any atom is 0.174 e. The molecule has 5 nitrogen and oxygen atoms in total. The summed E-state index contributed by atoms with van der Waals surface area (Å²) in [6, 6.07) is 3.51. The third-order valence-corrected chi connectivity index (χ3v) is 4.99. The average Bonchev–Trinajstić information content (AvgIpc) is 2.82. The zero-order valence-electron chi connectivity index (χ0n) is 8.88. The molecule has 90 valence electrons. The minimum atomic E-state index is -2.91. The van der Waals surface area contributed by atoms with Crippen LogP contribution in [0.3, 0.4) is 0 Å². The quantitative estimate of drug-likeness (QED) is 0.784. The van der Waals surface area contributed by atoms with Crippen LogP contribution in [0.4, 0.5) is 0 Å². The second-order valence-electron chi connectivity index (χ2n) is 4.19. The molecule has 1 saturated heterocycles. The Kier molecular flexibility index (Phi) is 2.38. The molecule has 1 unspecified atom stereocenters. The summed E-state index contributed by atoms with van der Waals surface area (Å²) in [5, 5.41) is 4.80. The van der Waals surface area contributed by atoms with E-state index in [1.165, 1.54) is 0 Å². The summed E-state index contributed by atoms with van der Waals surface area (Å²) in [6.45, 7) is 0. The van der Waals surface area contributed by atoms with Crippen molar-refractivity contribution in [2.24, 2.45) is 0 Å². The Bertz CT molecular complexity index is 680. The van der Waals surface area contributed by atoms with E-state index in [4.69, 9.17) is 11.6 Å². The number of halogens is 1. The molecule has 0 radical (unpaired) electrons. The van der Waals surface area contributed by atoms with E-state index in [0.717, 1.165) is 0 Å². The maximum absolute atomic E-state index is 11.4. The second-order valence-corrected chi connectivity index (χ2v) is 6.83. The first kappa shape index (κ1) is 11.0. The van der Waals surface area contributed by atoms with Gasteiger partial charge < -0.3 is 0 Å². The molecule has 0 amide bonds. The van der Waals surface area contributed by atoms with E-state index < -0.39 is 9.84 Å². The Balaban J connectivity index is 2.05. The molecular formula is C10H10ClN3O2S. The van der Waals surface area contributed by atoms with Crippen LogP contribution in [0.15, 0.2) is 18.3 Å². The van der Waals surface area contributed by atoms with Crippen molar-refractivity contribution in [2.45, 2.75) is 12.3 Å². The summed E-state index contributed by atoms with van der Waals surface area (Å²) in [5.41, 5.74) is 0.577. The first-order chi connectivity index (χ1) is 8.05. The van der Waals surface area contributed by atoms with Crippen LogP contribution in [0.5, 0.6) is 0 Å². The Morgan fingerprint density at radius 1 is 1.47 bits per heavy atom. The minimum absolute atomic E-state index is 0.101. The summed E-state index contributed by atoms with van der Waals surface area (Å²) in [5.74, 6) is 0.831. The van der Waals surface area contributed by atoms with Gasteiger partial charge in [-0.15, -0.1) is 0 Å². The lowest BCUT2D eigenvalue weighted by molar-refractivity contribution is 0.601. The molecule has 7 heteroatoms. The Morgan fingerprint density at radius 3 is 2.94 bits per heavy atom. The van der Waals surface area contributed by atoms with E-state index in [1.807, 2.05) is 0 Å². The standard InChI is InChI=1S/C10H10ClN3O2S/c11-8-2-1-4-14-10(8)12-9(13-14)7-3-5-17(15,16)6-7/h1-2,4,7H,3,5-6H2. The predicted octanol–water partition coefficient (Wildman–Crippen LogP) is 1.28. The van der Waals surface area contributed by atoms with Crippen LogP contribution in [0.25, 0.3) is 5.65 Å². The van der Waals surface area contributed by atoms with Gasteiger partial charge in [-0.1, -0.05) is 11.6 Å². The highest BCUT2D eigenvalue weighted by molar-refractivity contribution is 7.91. The number of rotatable bonds is 1. The lowest BCUT2D eigenvalue weighted by atomic mass is 10.1. The second kappa shape index (κ2) is 3.68. The van der Waals surface area contributed by atoms with Gasteiger partial charge in [0.2, 0.25) is 0 Å². The van der Waals surface area contributed by atoms with Gasteiger partial charge in [0.1, 0.15) is 0 Å². The van der Waals surface area contributed by atoms with E-state index in [2.05, 4.69) is 10.1 Å². The van der Waals surface area contributed by atoms with E-state index in [-0.39, 0.29) is 17.4 Å². The van der Waals surface area contributed by atoms with E-state index in [9.17, 15) is 8.42 Å². The third kappa shape index (κ3) is 1.91. The summed E-state index contributed by atoms with van der Waals surface area (Å²) in [4.78, 5) is 4.32. The molecule has 0 saturated carbocycles. The average molecular weight is 272 g/mol. The van der Waals surface area contributed by atoms with Gasteiger partial charge >= 0.3 is 0 Å². The predicted molar refractivity (Wildman–Crippen MR) is 64.0 cm³/mol. The molecule has 2 aromatic heterocycles. The summed E-state index contributed by atoms with van der Waals surface area (Å²) >= 11 is 5.99. The molecule has 1 fully saturated rings. The summed E-state index contributed by atoms with van der Waals surface area (Å²) < 4.78 is 24.4. The fourth-order valence-corrected chi connectivity index (χ4v) is 4.00. The fraction of sp³-hybridized carbons (Fsp3) is 0.400. The molecule has 0 aromatic carbocycles. The molecule has 0 spiro atoms. The Labute approximate surface area is 103 Å². The minimum Gasteiger partial charge on any atom is -0.229 e. The number of aromatic nitrogens is 3. The highest BCUT2D eigenvalue weighted by Crippen LogP contribution is 2.27. The number of hydrogen-bond acceptors (Lipinski definition) is 4. The normalized spacial score (nSPS) is 23.2. The lowest BCUT2D eigenvalue weighted by Gasteiger charge is -1.98. The van der Waals surface area contributed by atoms with Gasteiger partial charge in [0.25, 0.3) is 0 Å². The van der Waals surface area contributed by atoms with Crippen molar-refractivity contribution in [3.8, 4) is 0 Å². The molecule has 2 aromatic rings. The number of fused-ring (bicyclic) bond motifs is 1.